The first-order valence-electron chi connectivity index (χ1n) is 1.55. The van der Waals surface area contributed by atoms with Gasteiger partial charge in [0.25, 0.3) is 0 Å². The molecule has 0 spiro atoms. The van der Waals surface area contributed by atoms with Crippen LogP contribution in [0.25, 0.3) is 0 Å². The minimum Gasteiger partial charge on any atom is -0.206 e. The molecule has 0 radical (unpaired) electrons. The molecule has 0 aromatic carbocycles. The van der Waals surface area contributed by atoms with Crippen LogP contribution in [0.2, 0.25) is 0 Å². The number of nitrogens with zero attached hydrogens (tertiary/aromatic N) is 1. The van der Waals surface area contributed by atoms with Crippen molar-refractivity contribution < 1.29 is 4.58 Å². The van der Waals surface area contributed by atoms with E-state index in [-0.39, 0.29) is 0 Å². The third-order valence-corrected chi connectivity index (χ3v) is 0.763. The van der Waals surface area contributed by atoms with Crippen molar-refractivity contribution in [1.82, 2.24) is 0 Å². The van der Waals surface area contributed by atoms with Crippen LogP contribution in [0.15, 0.2) is 0 Å². The van der Waals surface area contributed by atoms with E-state index in [0.717, 1.165) is 0 Å². The quantitative estimate of drug-likeness (QED) is 0.254. The average molecular weight is 102 g/mol. The minimum atomic E-state index is 1.40. The third kappa shape index (κ3) is 3.63. The third-order valence-electron chi connectivity index (χ3n) is 0.254. The second-order valence-corrected chi connectivity index (χ2v) is 1.57. The van der Waals surface area contributed by atoms with Crippen LogP contribution in [0.5, 0.6) is 0 Å². The van der Waals surface area contributed by atoms with Crippen LogP contribution in [0.4, 0.5) is 0 Å². The van der Waals surface area contributed by atoms with Gasteiger partial charge in [-0.3, -0.25) is 0 Å². The summed E-state index contributed by atoms with van der Waals surface area (Å²) in [6, 6.07) is 0. The van der Waals surface area contributed by atoms with Crippen LogP contribution in [-0.4, -0.2) is 29.7 Å². The Labute approximate surface area is 41.5 Å². The molecule has 0 heterocycles. The van der Waals surface area contributed by atoms with Crippen molar-refractivity contribution in [3.63, 3.8) is 0 Å². The molecule has 0 aromatic rings. The highest BCUT2D eigenvalue weighted by molar-refractivity contribution is 7.94. The van der Waals surface area contributed by atoms with Crippen molar-refractivity contribution >= 4 is 29.0 Å². The van der Waals surface area contributed by atoms with Gasteiger partial charge in [0.15, 0.2) is 0 Å². The van der Waals surface area contributed by atoms with Crippen molar-refractivity contribution in [3.05, 3.63) is 0 Å². The van der Waals surface area contributed by atoms with Gasteiger partial charge in [0, 0.05) is 0 Å². The van der Waals surface area contributed by atoms with Gasteiger partial charge < -0.3 is 0 Å². The molecule has 0 unspecified atom stereocenters. The summed E-state index contributed by atoms with van der Waals surface area (Å²) in [6.45, 7) is 3.55. The molecule has 0 saturated heterocycles. The Balaban J connectivity index is 3.60. The zero-order valence-corrected chi connectivity index (χ0v) is 4.66. The van der Waals surface area contributed by atoms with E-state index in [1.807, 2.05) is 12.5 Å². The van der Waals surface area contributed by atoms with Gasteiger partial charge in [-0.25, -0.2) is 4.58 Å². The summed E-state index contributed by atoms with van der Waals surface area (Å²) < 4.78 is 1.71. The lowest BCUT2D eigenvalue weighted by molar-refractivity contribution is -0.345. The van der Waals surface area contributed by atoms with Crippen LogP contribution in [-0.2, 0) is 0 Å². The van der Waals surface area contributed by atoms with Crippen LogP contribution in [0.3, 0.4) is 0 Å². The van der Waals surface area contributed by atoms with Crippen LogP contribution in [0, 0.1) is 0 Å². The summed E-state index contributed by atoms with van der Waals surface area (Å²) in [5.74, 6) is 3.51. The lowest BCUT2D eigenvalue weighted by Gasteiger charge is -1.69. The van der Waals surface area contributed by atoms with E-state index < -0.39 is 0 Å². The Morgan fingerprint density at radius 2 is 2.33 bits per heavy atom. The number of hydrogen-bond donors (Lipinski definition) is 0. The second kappa shape index (κ2) is 2.85. The van der Waals surface area contributed by atoms with Gasteiger partial charge in [-0.1, -0.05) is 10.9 Å². The fourth-order valence-electron chi connectivity index (χ4n) is 0.127. The molecule has 0 saturated carbocycles. The van der Waals surface area contributed by atoms with Gasteiger partial charge in [-0.05, 0) is 5.87 Å². The van der Waals surface area contributed by atoms with Crippen molar-refractivity contribution in [2.24, 2.45) is 0 Å². The van der Waals surface area contributed by atoms with Gasteiger partial charge in [0.1, 0.15) is 13.8 Å². The fourth-order valence-corrected chi connectivity index (χ4v) is 0.382. The van der Waals surface area contributed by atoms with E-state index in [2.05, 4.69) is 12.6 Å². The predicted molar refractivity (Wildman–Crippen MR) is 34.1 cm³/mol. The topological polar surface area (TPSA) is 3.01 Å². The van der Waals surface area contributed by atoms with Gasteiger partial charge >= 0.3 is 0 Å². The molecule has 0 aliphatic rings. The monoisotopic (exact) mass is 102 g/mol. The summed E-state index contributed by atoms with van der Waals surface area (Å²) in [7, 11) is 3.26. The molecule has 2 heteroatoms. The molecule has 0 fully saturated rings. The largest absolute Gasteiger partial charge is 0.223 e. The summed E-state index contributed by atoms with van der Waals surface area (Å²) in [5, 5.41) is 0. The van der Waals surface area contributed by atoms with Crippen molar-refractivity contribution in [1.29, 1.82) is 0 Å². The summed E-state index contributed by atoms with van der Waals surface area (Å²) in [4.78, 5) is 0. The standard InChI is InChI=1S/C4H8NS/c1-5(2)4-6-3/h4H,1,3H2,2H3/q+1. The van der Waals surface area contributed by atoms with E-state index in [9.17, 15) is 0 Å². The first-order chi connectivity index (χ1) is 2.77. The smallest absolute Gasteiger partial charge is 0.206 e. The molecule has 0 amide bonds. The van der Waals surface area contributed by atoms with E-state index >= 15 is 0 Å². The molecule has 0 bridgehead atoms. The Morgan fingerprint density at radius 3 is 2.33 bits per heavy atom. The van der Waals surface area contributed by atoms with E-state index in [0.29, 0.717) is 0 Å². The van der Waals surface area contributed by atoms with Crippen molar-refractivity contribution in [2.75, 3.05) is 7.05 Å². The highest BCUT2D eigenvalue weighted by Gasteiger charge is 1.67. The van der Waals surface area contributed by atoms with E-state index in [1.165, 1.54) is 10.9 Å². The highest BCUT2D eigenvalue weighted by atomic mass is 32.1. The molecule has 0 aliphatic carbocycles. The lowest BCUT2D eigenvalue weighted by Crippen LogP contribution is -1.92. The maximum atomic E-state index is 3.55. The number of hydrogen-bond acceptors (Lipinski definition) is 0. The molecule has 0 aliphatic heterocycles. The molecule has 0 rings (SSSR count). The van der Waals surface area contributed by atoms with Crippen molar-refractivity contribution in [3.8, 4) is 0 Å². The van der Waals surface area contributed by atoms with E-state index in [4.69, 9.17) is 0 Å². The predicted octanol–water partition coefficient (Wildman–Crippen LogP) is 0.254. The second-order valence-electron chi connectivity index (χ2n) is 1.03. The number of rotatable bonds is 1. The Hall–Kier alpha value is -0.370. The summed E-state index contributed by atoms with van der Waals surface area (Å²) in [6.07, 6.45) is 0. The zero-order valence-electron chi connectivity index (χ0n) is 3.85. The average Bonchev–Trinajstić information content (AvgIpc) is 1.35. The molecular formula is C4H8NS+. The molecule has 34 valence electrons. The summed E-state index contributed by atoms with van der Waals surface area (Å²) >= 11 is 0. The van der Waals surface area contributed by atoms with E-state index in [1.54, 1.807) is 4.58 Å². The fraction of sp³-hybridized carbons (Fsp3) is 0.250. The Kier molecular flexibility index (Phi) is 2.67. The lowest BCUT2D eigenvalue weighted by atomic mass is 11.1. The Bertz CT molecular complexity index is 100. The van der Waals surface area contributed by atoms with Gasteiger partial charge in [0.05, 0.1) is 0 Å². The SMILES string of the molecule is C=S=C[N+](=C)C. The molecule has 6 heavy (non-hydrogen) atoms. The van der Waals surface area contributed by atoms with Gasteiger partial charge in [-0.15, -0.1) is 0 Å². The van der Waals surface area contributed by atoms with Crippen molar-refractivity contribution in [2.45, 2.75) is 0 Å². The highest BCUT2D eigenvalue weighted by Crippen LogP contribution is 1.53. The van der Waals surface area contributed by atoms with Gasteiger partial charge in [0.2, 0.25) is 5.49 Å². The van der Waals surface area contributed by atoms with Crippen LogP contribution >= 0.6 is 10.9 Å². The Morgan fingerprint density at radius 1 is 1.83 bits per heavy atom. The summed E-state index contributed by atoms with van der Waals surface area (Å²) in [5.41, 5.74) is 1.82. The normalized spacial score (nSPS) is 6.83. The molecule has 1 nitrogen and oxygen atoms in total. The maximum Gasteiger partial charge on any atom is 0.223 e. The van der Waals surface area contributed by atoms with Crippen LogP contribution in [0.1, 0.15) is 0 Å². The molecule has 0 aromatic heterocycles. The maximum absolute atomic E-state index is 3.55. The minimum absolute atomic E-state index is 1.40. The molecule has 0 N–H and O–H groups in total. The zero-order chi connectivity index (χ0) is 4.99. The first-order valence-corrected chi connectivity index (χ1v) is 2.59. The van der Waals surface area contributed by atoms with Gasteiger partial charge in [-0.2, -0.15) is 0 Å². The first kappa shape index (κ1) is 5.63. The molecule has 0 atom stereocenters. The van der Waals surface area contributed by atoms with Crippen LogP contribution < -0.4 is 0 Å². The molecular weight excluding hydrogens is 94.1 g/mol.